The summed E-state index contributed by atoms with van der Waals surface area (Å²) in [7, 11) is 0. The highest BCUT2D eigenvalue weighted by Gasteiger charge is 2.11. The molecular formula is C30H23N5O2. The zero-order valence-electron chi connectivity index (χ0n) is 19.9. The molecule has 1 amide bonds. The van der Waals surface area contributed by atoms with Crippen LogP contribution in [0.4, 0.5) is 0 Å². The Hall–Kier alpha value is -5.04. The maximum Gasteiger partial charge on any atom is 0.251 e. The number of benzene rings is 3. The van der Waals surface area contributed by atoms with E-state index >= 15 is 0 Å². The van der Waals surface area contributed by atoms with Crippen LogP contribution in [0, 0.1) is 0 Å². The van der Waals surface area contributed by atoms with Crippen molar-refractivity contribution in [2.75, 3.05) is 0 Å². The van der Waals surface area contributed by atoms with Gasteiger partial charge in [0.2, 0.25) is 0 Å². The zero-order chi connectivity index (χ0) is 25.0. The van der Waals surface area contributed by atoms with Gasteiger partial charge in [0.1, 0.15) is 18.7 Å². The first-order chi connectivity index (χ1) is 18.2. The lowest BCUT2D eigenvalue weighted by molar-refractivity contribution is 0.0951. The number of carbonyl (C=O) groups is 1. The number of imidazole rings is 1. The van der Waals surface area contributed by atoms with Gasteiger partial charge in [0.15, 0.2) is 0 Å². The van der Waals surface area contributed by atoms with E-state index in [0.717, 1.165) is 44.6 Å². The minimum Gasteiger partial charge on any atom is -0.487 e. The van der Waals surface area contributed by atoms with Crippen LogP contribution in [0.5, 0.6) is 5.75 Å². The summed E-state index contributed by atoms with van der Waals surface area (Å²) in [4.78, 5) is 25.9. The van der Waals surface area contributed by atoms with Crippen molar-refractivity contribution in [3.8, 4) is 11.4 Å². The second-order valence-corrected chi connectivity index (χ2v) is 8.64. The maximum absolute atomic E-state index is 12.7. The fourth-order valence-electron chi connectivity index (χ4n) is 4.22. The average molecular weight is 486 g/mol. The quantitative estimate of drug-likeness (QED) is 0.324. The molecule has 6 aromatic rings. The fraction of sp³-hybridized carbons (Fsp3) is 0.0667. The lowest BCUT2D eigenvalue weighted by atomic mass is 10.1. The molecule has 0 spiro atoms. The molecule has 7 heteroatoms. The summed E-state index contributed by atoms with van der Waals surface area (Å²) in [6, 6.07) is 29.2. The number of rotatable bonds is 7. The molecule has 1 N–H and O–H groups in total. The van der Waals surface area contributed by atoms with Gasteiger partial charge in [0, 0.05) is 36.0 Å². The number of amides is 1. The zero-order valence-corrected chi connectivity index (χ0v) is 19.9. The van der Waals surface area contributed by atoms with E-state index < -0.39 is 0 Å². The Labute approximate surface area is 213 Å². The van der Waals surface area contributed by atoms with Crippen LogP contribution in [0.3, 0.4) is 0 Å². The van der Waals surface area contributed by atoms with Gasteiger partial charge in [-0.3, -0.25) is 14.3 Å². The summed E-state index contributed by atoms with van der Waals surface area (Å²) in [6.07, 6.45) is 5.20. The largest absolute Gasteiger partial charge is 0.487 e. The molecule has 180 valence electrons. The molecule has 0 bridgehead atoms. The molecule has 0 atom stereocenters. The molecule has 37 heavy (non-hydrogen) atoms. The molecule has 6 rings (SSSR count). The third kappa shape index (κ3) is 4.88. The number of para-hydroxylation sites is 1. The highest BCUT2D eigenvalue weighted by Crippen LogP contribution is 2.23. The molecule has 0 unspecified atom stereocenters. The van der Waals surface area contributed by atoms with E-state index in [0.29, 0.717) is 18.7 Å². The van der Waals surface area contributed by atoms with E-state index in [1.807, 2.05) is 83.4 Å². The first-order valence-corrected chi connectivity index (χ1v) is 11.9. The third-order valence-electron chi connectivity index (χ3n) is 6.12. The number of hydrogen-bond acceptors (Lipinski definition) is 5. The van der Waals surface area contributed by atoms with Gasteiger partial charge in [-0.25, -0.2) is 9.97 Å². The Balaban J connectivity index is 1.17. The molecule has 3 aromatic carbocycles. The SMILES string of the molecule is O=C(NCc1cccnc1)c1ccc2c(c1)ncn2-c1cccc(OCc2ccc3ccccc3n2)c1. The van der Waals surface area contributed by atoms with Crippen LogP contribution in [-0.2, 0) is 13.2 Å². The van der Waals surface area contributed by atoms with Crippen LogP contribution in [-0.4, -0.2) is 25.4 Å². The Bertz CT molecular complexity index is 1710. The van der Waals surface area contributed by atoms with E-state index in [1.54, 1.807) is 24.8 Å². The van der Waals surface area contributed by atoms with Gasteiger partial charge in [-0.1, -0.05) is 36.4 Å². The number of nitrogens with one attached hydrogen (secondary N) is 1. The topological polar surface area (TPSA) is 81.9 Å². The summed E-state index contributed by atoms with van der Waals surface area (Å²) >= 11 is 0. The highest BCUT2D eigenvalue weighted by molar-refractivity contribution is 5.97. The lowest BCUT2D eigenvalue weighted by Crippen LogP contribution is -2.22. The summed E-state index contributed by atoms with van der Waals surface area (Å²) in [5, 5.41) is 4.03. The first kappa shape index (κ1) is 22.4. The van der Waals surface area contributed by atoms with Gasteiger partial charge < -0.3 is 10.1 Å². The number of pyridine rings is 2. The van der Waals surface area contributed by atoms with E-state index in [4.69, 9.17) is 4.74 Å². The molecular weight excluding hydrogens is 462 g/mol. The summed E-state index contributed by atoms with van der Waals surface area (Å²) in [5.74, 6) is 0.582. The number of carbonyl (C=O) groups excluding carboxylic acids is 1. The van der Waals surface area contributed by atoms with Gasteiger partial charge in [-0.15, -0.1) is 0 Å². The van der Waals surface area contributed by atoms with Crippen LogP contribution in [0.25, 0.3) is 27.6 Å². The van der Waals surface area contributed by atoms with E-state index in [1.165, 1.54) is 0 Å². The normalized spacial score (nSPS) is 11.0. The average Bonchev–Trinajstić information content (AvgIpc) is 3.39. The molecule has 0 fully saturated rings. The van der Waals surface area contributed by atoms with Crippen molar-refractivity contribution in [1.29, 1.82) is 0 Å². The van der Waals surface area contributed by atoms with Gasteiger partial charge in [-0.2, -0.15) is 0 Å². The third-order valence-corrected chi connectivity index (χ3v) is 6.12. The van der Waals surface area contributed by atoms with Crippen LogP contribution in [0.15, 0.2) is 110 Å². The number of nitrogens with zero attached hydrogens (tertiary/aromatic N) is 4. The predicted molar refractivity (Wildman–Crippen MR) is 143 cm³/mol. The standard InChI is InChI=1S/C30H23N5O2/c36-30(32-18-21-5-4-14-31-17-21)23-11-13-29-28(15-23)33-20-35(29)25-7-3-8-26(16-25)37-19-24-12-10-22-6-1-2-9-27(22)34-24/h1-17,20H,18-19H2,(H,32,36). The maximum atomic E-state index is 12.7. The Kier molecular flexibility index (Phi) is 6.01. The summed E-state index contributed by atoms with van der Waals surface area (Å²) in [6.45, 7) is 0.789. The molecule has 0 saturated carbocycles. The van der Waals surface area contributed by atoms with Crippen molar-refractivity contribution in [3.63, 3.8) is 0 Å². The Morgan fingerprint density at radius 2 is 1.84 bits per heavy atom. The second-order valence-electron chi connectivity index (χ2n) is 8.64. The van der Waals surface area contributed by atoms with E-state index in [2.05, 4.69) is 26.3 Å². The van der Waals surface area contributed by atoms with Crippen molar-refractivity contribution >= 4 is 27.8 Å². The summed E-state index contributed by atoms with van der Waals surface area (Å²) < 4.78 is 8.03. The molecule has 0 saturated heterocycles. The van der Waals surface area contributed by atoms with Crippen molar-refractivity contribution in [3.05, 3.63) is 127 Å². The molecule has 0 aliphatic carbocycles. The molecule has 0 aliphatic heterocycles. The molecule has 3 aromatic heterocycles. The Morgan fingerprint density at radius 3 is 2.76 bits per heavy atom. The van der Waals surface area contributed by atoms with Crippen molar-refractivity contribution in [1.82, 2.24) is 24.8 Å². The van der Waals surface area contributed by atoms with E-state index in [9.17, 15) is 4.79 Å². The van der Waals surface area contributed by atoms with Crippen LogP contribution in [0.1, 0.15) is 21.6 Å². The van der Waals surface area contributed by atoms with Crippen LogP contribution in [0.2, 0.25) is 0 Å². The van der Waals surface area contributed by atoms with Crippen molar-refractivity contribution in [2.24, 2.45) is 0 Å². The fourth-order valence-corrected chi connectivity index (χ4v) is 4.22. The lowest BCUT2D eigenvalue weighted by Gasteiger charge is -2.10. The second kappa shape index (κ2) is 9.91. The van der Waals surface area contributed by atoms with Crippen LogP contribution < -0.4 is 10.1 Å². The van der Waals surface area contributed by atoms with Crippen LogP contribution >= 0.6 is 0 Å². The summed E-state index contributed by atoms with van der Waals surface area (Å²) in [5.41, 5.74) is 5.87. The van der Waals surface area contributed by atoms with Gasteiger partial charge >= 0.3 is 0 Å². The smallest absolute Gasteiger partial charge is 0.251 e. The first-order valence-electron chi connectivity index (χ1n) is 11.9. The van der Waals surface area contributed by atoms with E-state index in [-0.39, 0.29) is 5.91 Å². The number of ether oxygens (including phenoxy) is 1. The highest BCUT2D eigenvalue weighted by atomic mass is 16.5. The van der Waals surface area contributed by atoms with Gasteiger partial charge in [0.25, 0.3) is 5.91 Å². The van der Waals surface area contributed by atoms with Crippen molar-refractivity contribution < 1.29 is 9.53 Å². The number of aromatic nitrogens is 4. The van der Waals surface area contributed by atoms with Crippen molar-refractivity contribution in [2.45, 2.75) is 13.2 Å². The minimum absolute atomic E-state index is 0.155. The molecule has 7 nitrogen and oxygen atoms in total. The molecule has 0 radical (unpaired) electrons. The number of fused-ring (bicyclic) bond motifs is 2. The Morgan fingerprint density at radius 1 is 0.892 bits per heavy atom. The monoisotopic (exact) mass is 485 g/mol. The molecule has 3 heterocycles. The number of hydrogen-bond donors (Lipinski definition) is 1. The minimum atomic E-state index is -0.155. The van der Waals surface area contributed by atoms with Gasteiger partial charge in [-0.05, 0) is 54.1 Å². The molecule has 0 aliphatic rings. The van der Waals surface area contributed by atoms with Gasteiger partial charge in [0.05, 0.1) is 27.9 Å². The predicted octanol–water partition coefficient (Wildman–Crippen LogP) is 5.48.